The summed E-state index contributed by atoms with van der Waals surface area (Å²) in [5, 5.41) is 0. The van der Waals surface area contributed by atoms with Crippen LogP contribution in [0.5, 0.6) is 0 Å². The lowest BCUT2D eigenvalue weighted by atomic mass is 10.3. The number of esters is 2. The molecule has 0 rings (SSSR count). The highest BCUT2D eigenvalue weighted by molar-refractivity contribution is 5.81. The first-order chi connectivity index (χ1) is 11.1. The van der Waals surface area contributed by atoms with E-state index in [0.717, 1.165) is 25.3 Å². The molecule has 6 heteroatoms. The van der Waals surface area contributed by atoms with Gasteiger partial charge in [-0.15, -0.1) is 0 Å². The fourth-order valence-corrected chi connectivity index (χ4v) is 1.21. The van der Waals surface area contributed by atoms with Gasteiger partial charge >= 0.3 is 11.9 Å². The number of unbranched alkanes of at least 4 members (excludes halogenated alkanes) is 2. The van der Waals surface area contributed by atoms with Gasteiger partial charge in [-0.05, 0) is 13.3 Å². The number of carbonyl (C=O) groups excluding carboxylic acids is 2. The number of ether oxygens (including phenoxy) is 4. The van der Waals surface area contributed by atoms with Crippen molar-refractivity contribution in [2.24, 2.45) is 0 Å². The molecule has 23 heavy (non-hydrogen) atoms. The molecule has 0 saturated carbocycles. The van der Waals surface area contributed by atoms with E-state index < -0.39 is 5.97 Å². The zero-order valence-corrected chi connectivity index (χ0v) is 14.4. The summed E-state index contributed by atoms with van der Waals surface area (Å²) in [6.45, 7) is 13.6. The third kappa shape index (κ3) is 22.8. The van der Waals surface area contributed by atoms with Gasteiger partial charge in [-0.2, -0.15) is 0 Å². The van der Waals surface area contributed by atoms with E-state index in [4.69, 9.17) is 14.2 Å². The molecule has 0 aliphatic rings. The quantitative estimate of drug-likeness (QED) is 0.294. The molecule has 0 aromatic rings. The lowest BCUT2D eigenvalue weighted by Crippen LogP contribution is -2.11. The van der Waals surface area contributed by atoms with Crippen molar-refractivity contribution in [3.63, 3.8) is 0 Å². The van der Waals surface area contributed by atoms with Crippen molar-refractivity contribution >= 4 is 11.9 Å². The van der Waals surface area contributed by atoms with Gasteiger partial charge in [-0.25, -0.2) is 9.59 Å². The van der Waals surface area contributed by atoms with Crippen molar-refractivity contribution in [1.82, 2.24) is 0 Å². The highest BCUT2D eigenvalue weighted by Gasteiger charge is 1.94. The number of rotatable bonds is 13. The van der Waals surface area contributed by atoms with Crippen LogP contribution in [0.15, 0.2) is 25.3 Å². The van der Waals surface area contributed by atoms with E-state index in [1.54, 1.807) is 0 Å². The van der Waals surface area contributed by atoms with Gasteiger partial charge in [0.05, 0.1) is 26.4 Å². The van der Waals surface area contributed by atoms with E-state index in [-0.39, 0.29) is 12.6 Å². The Labute approximate surface area is 139 Å². The van der Waals surface area contributed by atoms with Gasteiger partial charge in [-0.3, -0.25) is 0 Å². The fourth-order valence-electron chi connectivity index (χ4n) is 1.21. The Morgan fingerprint density at radius 2 is 1.30 bits per heavy atom. The summed E-state index contributed by atoms with van der Waals surface area (Å²) in [4.78, 5) is 21.0. The van der Waals surface area contributed by atoms with Crippen molar-refractivity contribution in [2.45, 2.75) is 33.1 Å². The Kier molecular flexibility index (Phi) is 20.9. The van der Waals surface area contributed by atoms with E-state index >= 15 is 0 Å². The molecule has 0 aromatic carbocycles. The Morgan fingerprint density at radius 3 is 1.83 bits per heavy atom. The van der Waals surface area contributed by atoms with Crippen LogP contribution in [0.2, 0.25) is 0 Å². The van der Waals surface area contributed by atoms with Crippen molar-refractivity contribution < 1.29 is 28.5 Å². The molecule has 0 heterocycles. The molecule has 0 bridgehead atoms. The smallest absolute Gasteiger partial charge is 0.330 e. The third-order valence-electron chi connectivity index (χ3n) is 2.37. The fraction of sp³-hybridized carbons (Fsp3) is 0.647. The van der Waals surface area contributed by atoms with Crippen LogP contribution in [0.4, 0.5) is 0 Å². The normalized spacial score (nSPS) is 9.30. The largest absolute Gasteiger partial charge is 0.463 e. The minimum Gasteiger partial charge on any atom is -0.463 e. The SMILES string of the molecule is C=CC(=O)OCCCCC.C=CC(=O)OCCOCCOCC. The van der Waals surface area contributed by atoms with Gasteiger partial charge in [0.1, 0.15) is 6.61 Å². The van der Waals surface area contributed by atoms with Crippen molar-refractivity contribution in [3.8, 4) is 0 Å². The van der Waals surface area contributed by atoms with Crippen molar-refractivity contribution in [2.75, 3.05) is 39.6 Å². The molecule has 0 aromatic heterocycles. The summed E-state index contributed by atoms with van der Waals surface area (Å²) in [5.41, 5.74) is 0. The van der Waals surface area contributed by atoms with E-state index in [2.05, 4.69) is 24.8 Å². The zero-order valence-electron chi connectivity index (χ0n) is 14.4. The van der Waals surface area contributed by atoms with Gasteiger partial charge < -0.3 is 18.9 Å². The maximum absolute atomic E-state index is 10.5. The van der Waals surface area contributed by atoms with Crippen molar-refractivity contribution in [3.05, 3.63) is 25.3 Å². The molecule has 0 aliphatic carbocycles. The van der Waals surface area contributed by atoms with Crippen molar-refractivity contribution in [1.29, 1.82) is 0 Å². The van der Waals surface area contributed by atoms with Crippen LogP contribution in [-0.4, -0.2) is 51.6 Å². The third-order valence-corrected chi connectivity index (χ3v) is 2.37. The van der Waals surface area contributed by atoms with E-state index in [9.17, 15) is 9.59 Å². The molecule has 134 valence electrons. The standard InChI is InChI=1S/C9H16O4.C8H14O2/c1-3-9(10)13-8-7-12-6-5-11-4-2;1-3-5-6-7-10-8(9)4-2/h3H,1,4-8H2,2H3;4H,2-3,5-7H2,1H3. The minimum absolute atomic E-state index is 0.261. The second-order valence-electron chi connectivity index (χ2n) is 4.26. The van der Waals surface area contributed by atoms with Crippen LogP contribution in [0.25, 0.3) is 0 Å². The predicted octanol–water partition coefficient (Wildman–Crippen LogP) is 2.67. The summed E-state index contributed by atoms with van der Waals surface area (Å²) in [6, 6.07) is 0. The number of hydrogen-bond acceptors (Lipinski definition) is 6. The maximum Gasteiger partial charge on any atom is 0.330 e. The second kappa shape index (κ2) is 20.3. The van der Waals surface area contributed by atoms with Gasteiger partial charge in [-0.1, -0.05) is 32.9 Å². The van der Waals surface area contributed by atoms with Crippen LogP contribution < -0.4 is 0 Å². The average molecular weight is 330 g/mol. The second-order valence-corrected chi connectivity index (χ2v) is 4.26. The monoisotopic (exact) mass is 330 g/mol. The minimum atomic E-state index is -0.423. The highest BCUT2D eigenvalue weighted by atomic mass is 16.6. The van der Waals surface area contributed by atoms with Gasteiger partial charge in [0.25, 0.3) is 0 Å². The summed E-state index contributed by atoms with van der Waals surface area (Å²) in [6.07, 6.45) is 5.53. The average Bonchev–Trinajstić information content (AvgIpc) is 2.58. The van der Waals surface area contributed by atoms with Gasteiger partial charge in [0.2, 0.25) is 0 Å². The molecule has 0 radical (unpaired) electrons. The molecule has 0 unspecified atom stereocenters. The zero-order chi connectivity index (χ0) is 17.8. The first-order valence-corrected chi connectivity index (χ1v) is 7.86. The highest BCUT2D eigenvalue weighted by Crippen LogP contribution is 1.94. The molecule has 0 N–H and O–H groups in total. The number of hydrogen-bond donors (Lipinski definition) is 0. The lowest BCUT2D eigenvalue weighted by molar-refractivity contribution is -0.139. The molecule has 0 spiro atoms. The first-order valence-electron chi connectivity index (χ1n) is 7.86. The van der Waals surface area contributed by atoms with Crippen LogP contribution in [0.3, 0.4) is 0 Å². The van der Waals surface area contributed by atoms with Crippen LogP contribution in [0.1, 0.15) is 33.1 Å². The Bertz CT molecular complexity index is 314. The molecule has 0 aliphatic heterocycles. The molecule has 0 amide bonds. The summed E-state index contributed by atoms with van der Waals surface area (Å²) in [7, 11) is 0. The summed E-state index contributed by atoms with van der Waals surface area (Å²) < 4.78 is 19.5. The Hall–Kier alpha value is -1.66. The van der Waals surface area contributed by atoms with Gasteiger partial charge in [0.15, 0.2) is 0 Å². The van der Waals surface area contributed by atoms with E-state index in [1.807, 2.05) is 6.92 Å². The van der Waals surface area contributed by atoms with Crippen LogP contribution in [0, 0.1) is 0 Å². The predicted molar refractivity (Wildman–Crippen MR) is 89.1 cm³/mol. The Morgan fingerprint density at radius 1 is 0.783 bits per heavy atom. The Balaban J connectivity index is 0. The molecule has 0 atom stereocenters. The number of carbonyl (C=O) groups is 2. The molecular formula is C17H30O6. The first kappa shape index (κ1) is 23.6. The lowest BCUT2D eigenvalue weighted by Gasteiger charge is -2.04. The molecule has 0 saturated heterocycles. The molecular weight excluding hydrogens is 300 g/mol. The van der Waals surface area contributed by atoms with Crippen LogP contribution >= 0.6 is 0 Å². The topological polar surface area (TPSA) is 71.1 Å². The molecule has 0 fully saturated rings. The maximum atomic E-state index is 10.5. The van der Waals surface area contributed by atoms with E-state index in [0.29, 0.717) is 33.0 Å². The van der Waals surface area contributed by atoms with Gasteiger partial charge in [0, 0.05) is 18.8 Å². The molecule has 6 nitrogen and oxygen atoms in total. The van der Waals surface area contributed by atoms with E-state index in [1.165, 1.54) is 6.08 Å². The van der Waals surface area contributed by atoms with Crippen LogP contribution in [-0.2, 0) is 28.5 Å². The summed E-state index contributed by atoms with van der Waals surface area (Å²) >= 11 is 0. The summed E-state index contributed by atoms with van der Waals surface area (Å²) in [5.74, 6) is -0.746.